The van der Waals surface area contributed by atoms with Crippen LogP contribution in [0, 0.1) is 0 Å². The van der Waals surface area contributed by atoms with Crippen molar-refractivity contribution in [3.63, 3.8) is 0 Å². The van der Waals surface area contributed by atoms with Crippen molar-refractivity contribution in [1.82, 2.24) is 4.98 Å². The van der Waals surface area contributed by atoms with E-state index in [9.17, 15) is 9.59 Å². The molecule has 0 spiro atoms. The van der Waals surface area contributed by atoms with Crippen LogP contribution in [0.5, 0.6) is 0 Å². The minimum Gasteiger partial charge on any atom is -0.480 e. The number of carboxylic acids is 1. The van der Waals surface area contributed by atoms with Crippen molar-refractivity contribution in [1.29, 1.82) is 0 Å². The smallest absolute Gasteiger partial charge is 0.316 e. The molecule has 1 atom stereocenters. The Bertz CT molecular complexity index is 375. The molecule has 0 amide bonds. The fourth-order valence-corrected chi connectivity index (χ4v) is 1.68. The van der Waals surface area contributed by atoms with Crippen molar-refractivity contribution < 1.29 is 14.7 Å². The Balaban J connectivity index is 2.72. The molecule has 1 N–H and O–H groups in total. The third-order valence-electron chi connectivity index (χ3n) is 1.76. The molecule has 0 aromatic carbocycles. The maximum Gasteiger partial charge on any atom is 0.316 e. The van der Waals surface area contributed by atoms with Crippen molar-refractivity contribution in [2.75, 3.05) is 0 Å². The number of ketones is 1. The van der Waals surface area contributed by atoms with Gasteiger partial charge in [-0.2, -0.15) is 0 Å². The number of hydrogen-bond donors (Lipinski definition) is 1. The third-order valence-corrected chi connectivity index (χ3v) is 2.83. The second-order valence-electron chi connectivity index (χ2n) is 3.03. The first-order valence-corrected chi connectivity index (χ1v) is 5.25. The molecule has 1 rings (SSSR count). The predicted octanol–water partition coefficient (Wildman–Crippen LogP) is 1.85. The molecule has 0 saturated carbocycles. The summed E-state index contributed by atoms with van der Waals surface area (Å²) in [6.45, 7) is 3.04. The number of pyridine rings is 1. The van der Waals surface area contributed by atoms with E-state index in [1.807, 2.05) is 0 Å². The van der Waals surface area contributed by atoms with Gasteiger partial charge in [0, 0.05) is 18.0 Å². The average molecular weight is 225 g/mol. The highest BCUT2D eigenvalue weighted by molar-refractivity contribution is 8.00. The van der Waals surface area contributed by atoms with Gasteiger partial charge in [0.1, 0.15) is 10.9 Å². The van der Waals surface area contributed by atoms with Gasteiger partial charge in [-0.1, -0.05) is 0 Å². The molecule has 15 heavy (non-hydrogen) atoms. The van der Waals surface area contributed by atoms with E-state index >= 15 is 0 Å². The number of thioether (sulfide) groups is 1. The molecule has 1 unspecified atom stereocenters. The first-order valence-electron chi connectivity index (χ1n) is 4.37. The van der Waals surface area contributed by atoms with Crippen LogP contribution in [0.4, 0.5) is 0 Å². The molecule has 0 fully saturated rings. The minimum atomic E-state index is -0.865. The van der Waals surface area contributed by atoms with Crippen LogP contribution in [0.25, 0.3) is 0 Å². The lowest BCUT2D eigenvalue weighted by Crippen LogP contribution is -2.11. The molecule has 1 heterocycles. The summed E-state index contributed by atoms with van der Waals surface area (Å²) in [5, 5.41) is 8.17. The SMILES string of the molecule is CC(=O)c1ccc(SC(C)C(=O)O)cn1. The van der Waals surface area contributed by atoms with Crippen LogP contribution in [0.2, 0.25) is 0 Å². The second kappa shape index (κ2) is 4.93. The molecule has 0 aliphatic heterocycles. The van der Waals surface area contributed by atoms with Gasteiger partial charge in [-0.15, -0.1) is 11.8 Å². The van der Waals surface area contributed by atoms with E-state index in [1.165, 1.54) is 24.9 Å². The van der Waals surface area contributed by atoms with Crippen LogP contribution in [0.1, 0.15) is 24.3 Å². The Morgan fingerprint density at radius 3 is 2.53 bits per heavy atom. The highest BCUT2D eigenvalue weighted by Crippen LogP contribution is 2.22. The molecule has 1 aromatic heterocycles. The van der Waals surface area contributed by atoms with Gasteiger partial charge in [0.05, 0.1) is 0 Å². The first kappa shape index (κ1) is 11.7. The average Bonchev–Trinajstić information content (AvgIpc) is 2.18. The molecule has 0 bridgehead atoms. The van der Waals surface area contributed by atoms with Crippen molar-refractivity contribution in [2.24, 2.45) is 0 Å². The molecule has 80 valence electrons. The zero-order valence-electron chi connectivity index (χ0n) is 8.43. The monoisotopic (exact) mass is 225 g/mol. The minimum absolute atomic E-state index is 0.0992. The summed E-state index contributed by atoms with van der Waals surface area (Å²) in [6.07, 6.45) is 1.51. The van der Waals surface area contributed by atoms with E-state index in [0.717, 1.165) is 4.90 Å². The van der Waals surface area contributed by atoms with Crippen LogP contribution in [-0.4, -0.2) is 27.1 Å². The topological polar surface area (TPSA) is 67.3 Å². The number of rotatable bonds is 4. The summed E-state index contributed by atoms with van der Waals surface area (Å²) in [7, 11) is 0. The van der Waals surface area contributed by atoms with Crippen LogP contribution in [-0.2, 0) is 4.79 Å². The largest absolute Gasteiger partial charge is 0.480 e. The van der Waals surface area contributed by atoms with Crippen LogP contribution in [0.3, 0.4) is 0 Å². The number of carboxylic acid groups (broad SMARTS) is 1. The Labute approximate surface area is 91.7 Å². The standard InChI is InChI=1S/C10H11NO3S/c1-6(12)9-4-3-8(5-11-9)15-7(2)10(13)14/h3-5,7H,1-2H3,(H,13,14). The lowest BCUT2D eigenvalue weighted by Gasteiger charge is -2.05. The number of carbonyl (C=O) groups excluding carboxylic acids is 1. The van der Waals surface area contributed by atoms with E-state index in [-0.39, 0.29) is 5.78 Å². The molecule has 0 aliphatic rings. The summed E-state index contributed by atoms with van der Waals surface area (Å²) in [4.78, 5) is 26.2. The van der Waals surface area contributed by atoms with E-state index in [2.05, 4.69) is 4.98 Å². The molecule has 4 nitrogen and oxygen atoms in total. The zero-order valence-corrected chi connectivity index (χ0v) is 9.25. The predicted molar refractivity (Wildman–Crippen MR) is 57.2 cm³/mol. The van der Waals surface area contributed by atoms with Crippen LogP contribution in [0.15, 0.2) is 23.2 Å². The third kappa shape index (κ3) is 3.36. The summed E-state index contributed by atoms with van der Waals surface area (Å²) in [6, 6.07) is 3.30. The van der Waals surface area contributed by atoms with Gasteiger partial charge < -0.3 is 5.11 Å². The molecule has 5 heteroatoms. The zero-order chi connectivity index (χ0) is 11.4. The summed E-state index contributed by atoms with van der Waals surface area (Å²) in [5.41, 5.74) is 0.391. The Morgan fingerprint density at radius 1 is 1.47 bits per heavy atom. The number of aliphatic carboxylic acids is 1. The fourth-order valence-electron chi connectivity index (χ4n) is 0.913. The number of hydrogen-bond acceptors (Lipinski definition) is 4. The lowest BCUT2D eigenvalue weighted by molar-refractivity contribution is -0.136. The summed E-state index contributed by atoms with van der Waals surface area (Å²) >= 11 is 1.20. The Hall–Kier alpha value is -1.36. The Morgan fingerprint density at radius 2 is 2.13 bits per heavy atom. The van der Waals surface area contributed by atoms with Gasteiger partial charge in [0.25, 0.3) is 0 Å². The van der Waals surface area contributed by atoms with Crippen LogP contribution < -0.4 is 0 Å². The van der Waals surface area contributed by atoms with E-state index in [1.54, 1.807) is 19.1 Å². The summed E-state index contributed by atoms with van der Waals surface area (Å²) in [5.74, 6) is -0.964. The maximum atomic E-state index is 10.9. The maximum absolute atomic E-state index is 10.9. The van der Waals surface area contributed by atoms with Gasteiger partial charge in [-0.3, -0.25) is 14.6 Å². The molecule has 1 aromatic rings. The van der Waals surface area contributed by atoms with Gasteiger partial charge in [-0.25, -0.2) is 0 Å². The van der Waals surface area contributed by atoms with E-state index in [4.69, 9.17) is 5.11 Å². The molecular weight excluding hydrogens is 214 g/mol. The number of aromatic nitrogens is 1. The second-order valence-corrected chi connectivity index (χ2v) is 4.45. The van der Waals surface area contributed by atoms with E-state index in [0.29, 0.717) is 5.69 Å². The normalized spacial score (nSPS) is 12.1. The molecule has 0 aliphatic carbocycles. The van der Waals surface area contributed by atoms with Gasteiger partial charge in [0.15, 0.2) is 5.78 Å². The van der Waals surface area contributed by atoms with Gasteiger partial charge in [-0.05, 0) is 19.1 Å². The van der Waals surface area contributed by atoms with Gasteiger partial charge >= 0.3 is 5.97 Å². The highest BCUT2D eigenvalue weighted by Gasteiger charge is 2.12. The van der Waals surface area contributed by atoms with Crippen molar-refractivity contribution >= 4 is 23.5 Å². The summed E-state index contributed by atoms with van der Waals surface area (Å²) < 4.78 is 0. The highest BCUT2D eigenvalue weighted by atomic mass is 32.2. The van der Waals surface area contributed by atoms with Crippen molar-refractivity contribution in [2.45, 2.75) is 24.0 Å². The van der Waals surface area contributed by atoms with Crippen LogP contribution >= 0.6 is 11.8 Å². The number of nitrogens with zero attached hydrogens (tertiary/aromatic N) is 1. The number of Topliss-reactive ketones (excluding diaryl/α,β-unsaturated/α-hetero) is 1. The van der Waals surface area contributed by atoms with Gasteiger partial charge in [0.2, 0.25) is 0 Å². The first-order chi connectivity index (χ1) is 7.00. The quantitative estimate of drug-likeness (QED) is 0.625. The van der Waals surface area contributed by atoms with E-state index < -0.39 is 11.2 Å². The lowest BCUT2D eigenvalue weighted by atomic mass is 10.3. The molecule has 0 radical (unpaired) electrons. The number of carbonyl (C=O) groups is 2. The fraction of sp³-hybridized carbons (Fsp3) is 0.300. The Kier molecular flexibility index (Phi) is 3.85. The molecular formula is C10H11NO3S. The van der Waals surface area contributed by atoms with Crippen molar-refractivity contribution in [3.8, 4) is 0 Å². The van der Waals surface area contributed by atoms with Crippen molar-refractivity contribution in [3.05, 3.63) is 24.0 Å². The molecule has 0 saturated heterocycles.